The van der Waals surface area contributed by atoms with Crippen molar-refractivity contribution in [1.29, 1.82) is 0 Å². The van der Waals surface area contributed by atoms with Crippen LogP contribution in [0.15, 0.2) is 48.5 Å². The number of para-hydroxylation sites is 2. The fourth-order valence-electron chi connectivity index (χ4n) is 3.18. The Morgan fingerprint density at radius 3 is 2.54 bits per heavy atom. The Hall–Kier alpha value is -2.24. The lowest BCUT2D eigenvalue weighted by Crippen LogP contribution is -3.15. The Morgan fingerprint density at radius 1 is 1.15 bits per heavy atom. The van der Waals surface area contributed by atoms with Crippen molar-refractivity contribution in [3.63, 3.8) is 0 Å². The zero-order valence-electron chi connectivity index (χ0n) is 15.0. The van der Waals surface area contributed by atoms with E-state index in [1.54, 1.807) is 0 Å². The van der Waals surface area contributed by atoms with Gasteiger partial charge in [-0.05, 0) is 43.3 Å². The second-order valence-corrected chi connectivity index (χ2v) is 6.80. The number of piperazine rings is 1. The second-order valence-electron chi connectivity index (χ2n) is 6.37. The van der Waals surface area contributed by atoms with Gasteiger partial charge in [0.05, 0.1) is 38.5 Å². The Kier molecular flexibility index (Phi) is 6.36. The first-order valence-corrected chi connectivity index (χ1v) is 9.39. The quantitative estimate of drug-likeness (QED) is 0.813. The first-order valence-electron chi connectivity index (χ1n) is 9.01. The van der Waals surface area contributed by atoms with E-state index in [0.29, 0.717) is 18.9 Å². The third-order valence-electron chi connectivity index (χ3n) is 4.53. The zero-order chi connectivity index (χ0) is 18.4. The van der Waals surface area contributed by atoms with Crippen molar-refractivity contribution in [2.24, 2.45) is 0 Å². The molecule has 2 N–H and O–H groups in total. The van der Waals surface area contributed by atoms with Gasteiger partial charge in [0, 0.05) is 10.7 Å². The number of carbonyl (C=O) groups excluding carboxylic acids is 1. The molecule has 1 heterocycles. The van der Waals surface area contributed by atoms with E-state index in [4.69, 9.17) is 16.3 Å². The van der Waals surface area contributed by atoms with Crippen LogP contribution in [0.4, 0.5) is 11.4 Å². The predicted octanol–water partition coefficient (Wildman–Crippen LogP) is 2.08. The minimum absolute atomic E-state index is 0.0205. The predicted molar refractivity (Wildman–Crippen MR) is 105 cm³/mol. The number of hydrogen-bond donors (Lipinski definition) is 2. The molecule has 0 bridgehead atoms. The minimum Gasteiger partial charge on any atom is -0.492 e. The van der Waals surface area contributed by atoms with Crippen molar-refractivity contribution >= 4 is 28.9 Å². The molecule has 0 unspecified atom stereocenters. The van der Waals surface area contributed by atoms with Gasteiger partial charge in [-0.15, -0.1) is 0 Å². The molecule has 1 aliphatic heterocycles. The number of carbonyl (C=O) groups is 1. The maximum atomic E-state index is 12.4. The summed E-state index contributed by atoms with van der Waals surface area (Å²) in [5, 5.41) is 3.73. The van der Waals surface area contributed by atoms with E-state index in [2.05, 4.69) is 10.2 Å². The van der Waals surface area contributed by atoms with Gasteiger partial charge in [0.1, 0.15) is 5.75 Å². The van der Waals surface area contributed by atoms with Crippen LogP contribution < -0.4 is 19.9 Å². The molecule has 1 fully saturated rings. The number of hydrogen-bond acceptors (Lipinski definition) is 3. The number of rotatable bonds is 6. The summed E-state index contributed by atoms with van der Waals surface area (Å²) in [4.78, 5) is 16.0. The van der Waals surface area contributed by atoms with E-state index < -0.39 is 0 Å². The van der Waals surface area contributed by atoms with Gasteiger partial charge in [-0.25, -0.2) is 0 Å². The standard InChI is InChI=1S/C20H24ClN3O2/c1-2-26-19-6-4-3-5-18(19)22-20(25)15-23-11-13-24(14-12-23)17-9-7-16(21)8-10-17/h3-10H,2,11-15H2,1H3,(H,22,25)/p+1. The number of benzene rings is 2. The van der Waals surface area contributed by atoms with Crippen molar-refractivity contribution in [1.82, 2.24) is 0 Å². The number of anilines is 2. The monoisotopic (exact) mass is 374 g/mol. The Labute approximate surface area is 159 Å². The molecule has 6 heteroatoms. The van der Waals surface area contributed by atoms with Crippen molar-refractivity contribution in [2.45, 2.75) is 6.92 Å². The lowest BCUT2D eigenvalue weighted by Gasteiger charge is -2.33. The summed E-state index contributed by atoms with van der Waals surface area (Å²) < 4.78 is 5.56. The van der Waals surface area contributed by atoms with Gasteiger partial charge < -0.3 is 19.9 Å². The van der Waals surface area contributed by atoms with E-state index >= 15 is 0 Å². The van der Waals surface area contributed by atoms with Crippen LogP contribution >= 0.6 is 11.6 Å². The van der Waals surface area contributed by atoms with Gasteiger partial charge in [0.25, 0.3) is 5.91 Å². The Balaban J connectivity index is 1.50. The highest BCUT2D eigenvalue weighted by molar-refractivity contribution is 6.30. The topological polar surface area (TPSA) is 46.0 Å². The zero-order valence-corrected chi connectivity index (χ0v) is 15.8. The molecule has 26 heavy (non-hydrogen) atoms. The average molecular weight is 375 g/mol. The van der Waals surface area contributed by atoms with E-state index in [-0.39, 0.29) is 5.91 Å². The molecule has 1 aliphatic rings. The summed E-state index contributed by atoms with van der Waals surface area (Å²) in [6.45, 7) is 6.70. The first kappa shape index (κ1) is 18.5. The number of amides is 1. The lowest BCUT2D eigenvalue weighted by atomic mass is 10.2. The van der Waals surface area contributed by atoms with Crippen LogP contribution in [-0.2, 0) is 4.79 Å². The van der Waals surface area contributed by atoms with Gasteiger partial charge in [-0.3, -0.25) is 4.79 Å². The number of nitrogens with one attached hydrogen (secondary N) is 2. The van der Waals surface area contributed by atoms with Gasteiger partial charge in [0.15, 0.2) is 6.54 Å². The number of halogens is 1. The molecule has 0 radical (unpaired) electrons. The molecule has 2 aromatic rings. The summed E-state index contributed by atoms with van der Waals surface area (Å²) in [5.41, 5.74) is 1.92. The molecule has 3 rings (SSSR count). The maximum Gasteiger partial charge on any atom is 0.279 e. The largest absolute Gasteiger partial charge is 0.492 e. The number of quaternary nitrogens is 1. The molecular formula is C20H25ClN3O2+. The smallest absolute Gasteiger partial charge is 0.279 e. The average Bonchev–Trinajstić information content (AvgIpc) is 2.65. The normalized spacial score (nSPS) is 14.9. The highest BCUT2D eigenvalue weighted by Gasteiger charge is 2.22. The highest BCUT2D eigenvalue weighted by atomic mass is 35.5. The minimum atomic E-state index is 0.0205. The van der Waals surface area contributed by atoms with Crippen LogP contribution in [0.3, 0.4) is 0 Å². The molecule has 0 aliphatic carbocycles. The van der Waals surface area contributed by atoms with Crippen LogP contribution in [0.25, 0.3) is 0 Å². The van der Waals surface area contributed by atoms with Crippen LogP contribution in [0.5, 0.6) is 5.75 Å². The summed E-state index contributed by atoms with van der Waals surface area (Å²) in [7, 11) is 0. The number of nitrogens with zero attached hydrogens (tertiary/aromatic N) is 1. The third kappa shape index (κ3) is 4.90. The van der Waals surface area contributed by atoms with Crippen molar-refractivity contribution in [2.75, 3.05) is 49.5 Å². The SMILES string of the molecule is CCOc1ccccc1NC(=O)C[NH+]1CCN(c2ccc(Cl)cc2)CC1. The molecule has 1 amide bonds. The van der Waals surface area contributed by atoms with Gasteiger partial charge in [0.2, 0.25) is 0 Å². The van der Waals surface area contributed by atoms with Crippen LogP contribution in [0, 0.1) is 0 Å². The molecular weight excluding hydrogens is 350 g/mol. The molecule has 2 aromatic carbocycles. The van der Waals surface area contributed by atoms with E-state index in [1.165, 1.54) is 10.6 Å². The van der Waals surface area contributed by atoms with Gasteiger partial charge in [-0.1, -0.05) is 23.7 Å². The molecule has 1 saturated heterocycles. The molecule has 138 valence electrons. The van der Waals surface area contributed by atoms with Crippen molar-refractivity contribution in [3.05, 3.63) is 53.6 Å². The van der Waals surface area contributed by atoms with Gasteiger partial charge >= 0.3 is 0 Å². The van der Waals surface area contributed by atoms with Crippen molar-refractivity contribution in [3.8, 4) is 5.75 Å². The Bertz CT molecular complexity index is 728. The molecule has 0 aromatic heterocycles. The van der Waals surface area contributed by atoms with E-state index in [1.807, 2.05) is 55.5 Å². The number of ether oxygens (including phenoxy) is 1. The fraction of sp³-hybridized carbons (Fsp3) is 0.350. The van der Waals surface area contributed by atoms with Crippen LogP contribution in [-0.4, -0.2) is 45.2 Å². The summed E-state index contributed by atoms with van der Waals surface area (Å²) in [5.74, 6) is 0.734. The fourth-order valence-corrected chi connectivity index (χ4v) is 3.31. The van der Waals surface area contributed by atoms with E-state index in [0.717, 1.165) is 36.9 Å². The first-order chi connectivity index (χ1) is 12.7. The molecule has 0 saturated carbocycles. The van der Waals surface area contributed by atoms with Crippen molar-refractivity contribution < 1.29 is 14.4 Å². The van der Waals surface area contributed by atoms with E-state index in [9.17, 15) is 4.79 Å². The third-order valence-corrected chi connectivity index (χ3v) is 4.79. The molecule has 5 nitrogen and oxygen atoms in total. The highest BCUT2D eigenvalue weighted by Crippen LogP contribution is 2.23. The summed E-state index contributed by atoms with van der Waals surface area (Å²) >= 11 is 5.95. The van der Waals surface area contributed by atoms with Crippen LogP contribution in [0.1, 0.15) is 6.92 Å². The Morgan fingerprint density at radius 2 is 1.85 bits per heavy atom. The molecule has 0 spiro atoms. The summed E-state index contributed by atoms with van der Waals surface area (Å²) in [6.07, 6.45) is 0. The molecule has 0 atom stereocenters. The van der Waals surface area contributed by atoms with Crippen LogP contribution in [0.2, 0.25) is 5.02 Å². The maximum absolute atomic E-state index is 12.4. The second kappa shape index (κ2) is 8.92. The summed E-state index contributed by atoms with van der Waals surface area (Å²) in [6, 6.07) is 15.5. The van der Waals surface area contributed by atoms with Gasteiger partial charge in [-0.2, -0.15) is 0 Å². The lowest BCUT2D eigenvalue weighted by molar-refractivity contribution is -0.892.